The highest BCUT2D eigenvalue weighted by Crippen LogP contribution is 2.31. The van der Waals surface area contributed by atoms with Crippen molar-refractivity contribution >= 4 is 39.1 Å². The Labute approximate surface area is 243 Å². The number of carbonyl (C=O) groups is 2. The van der Waals surface area contributed by atoms with E-state index >= 15 is 0 Å². The van der Waals surface area contributed by atoms with Crippen LogP contribution in [0.4, 0.5) is 5.69 Å². The number of hydrogen-bond donors (Lipinski definition) is 1. The average Bonchev–Trinajstić information content (AvgIpc) is 2.88. The van der Waals surface area contributed by atoms with E-state index in [1.807, 2.05) is 58.9 Å². The van der Waals surface area contributed by atoms with Crippen LogP contribution in [-0.2, 0) is 26.2 Å². The monoisotopic (exact) mass is 583 g/mol. The molecular weight excluding hydrogens is 546 g/mol. The first-order valence-electron chi connectivity index (χ1n) is 13.3. The first-order chi connectivity index (χ1) is 18.8. The summed E-state index contributed by atoms with van der Waals surface area (Å²) >= 11 is 6.39. The molecule has 0 aliphatic rings. The van der Waals surface area contributed by atoms with Crippen LogP contribution in [0.1, 0.15) is 49.4 Å². The molecule has 0 aliphatic heterocycles. The van der Waals surface area contributed by atoms with Gasteiger partial charge in [0.1, 0.15) is 12.6 Å². The predicted octanol–water partition coefficient (Wildman–Crippen LogP) is 5.79. The molecule has 214 valence electrons. The number of nitrogens with one attached hydrogen (secondary N) is 1. The summed E-state index contributed by atoms with van der Waals surface area (Å²) in [4.78, 5) is 28.9. The van der Waals surface area contributed by atoms with Gasteiger partial charge in [-0.2, -0.15) is 0 Å². The average molecular weight is 584 g/mol. The predicted molar refractivity (Wildman–Crippen MR) is 161 cm³/mol. The van der Waals surface area contributed by atoms with E-state index in [0.29, 0.717) is 22.7 Å². The largest absolute Gasteiger partial charge is 0.352 e. The summed E-state index contributed by atoms with van der Waals surface area (Å²) in [5.41, 5.74) is 3.60. The van der Waals surface area contributed by atoms with E-state index in [9.17, 15) is 18.0 Å². The van der Waals surface area contributed by atoms with E-state index < -0.39 is 28.5 Å². The molecule has 0 heterocycles. The minimum Gasteiger partial charge on any atom is -0.352 e. The topological polar surface area (TPSA) is 86.8 Å². The molecule has 9 heteroatoms. The summed E-state index contributed by atoms with van der Waals surface area (Å²) in [6.07, 6.45) is 0.358. The second-order valence-electron chi connectivity index (χ2n) is 10.3. The van der Waals surface area contributed by atoms with Crippen LogP contribution in [0, 0.1) is 20.8 Å². The van der Waals surface area contributed by atoms with Crippen molar-refractivity contribution in [1.82, 2.24) is 10.2 Å². The SMILES string of the molecule is CC[C@H](C(=O)NC(C)C)N(Cc1cccc(C)c1)C(=O)CN(c1cccc(Cl)c1C)S(=O)(=O)c1ccc(C)cc1. The molecule has 1 atom stereocenters. The molecule has 1 N–H and O–H groups in total. The number of sulfonamides is 1. The van der Waals surface area contributed by atoms with E-state index in [2.05, 4.69) is 5.32 Å². The van der Waals surface area contributed by atoms with Crippen LogP contribution in [0.15, 0.2) is 71.6 Å². The van der Waals surface area contributed by atoms with Crippen molar-refractivity contribution in [2.45, 2.75) is 71.5 Å². The number of nitrogens with zero attached hydrogens (tertiary/aromatic N) is 2. The van der Waals surface area contributed by atoms with Crippen LogP contribution in [-0.4, -0.2) is 43.8 Å². The molecule has 3 rings (SSSR count). The Morgan fingerprint density at radius 1 is 0.925 bits per heavy atom. The Kier molecular flexibility index (Phi) is 10.4. The highest BCUT2D eigenvalue weighted by atomic mass is 35.5. The highest BCUT2D eigenvalue weighted by molar-refractivity contribution is 7.92. The quantitative estimate of drug-likeness (QED) is 0.309. The zero-order valence-corrected chi connectivity index (χ0v) is 25.5. The molecule has 2 amide bonds. The molecule has 0 saturated heterocycles. The molecule has 0 unspecified atom stereocenters. The maximum absolute atomic E-state index is 14.1. The first kappa shape index (κ1) is 31.2. The third-order valence-electron chi connectivity index (χ3n) is 6.65. The molecule has 0 aliphatic carbocycles. The van der Waals surface area contributed by atoms with Crippen molar-refractivity contribution in [2.24, 2.45) is 0 Å². The van der Waals surface area contributed by atoms with Crippen LogP contribution in [0.3, 0.4) is 0 Å². The van der Waals surface area contributed by atoms with Gasteiger partial charge in [-0.15, -0.1) is 0 Å². The van der Waals surface area contributed by atoms with Gasteiger partial charge in [0.15, 0.2) is 0 Å². The number of aryl methyl sites for hydroxylation is 2. The molecule has 3 aromatic rings. The van der Waals surface area contributed by atoms with Crippen LogP contribution < -0.4 is 9.62 Å². The highest BCUT2D eigenvalue weighted by Gasteiger charge is 2.34. The van der Waals surface area contributed by atoms with E-state index in [0.717, 1.165) is 21.0 Å². The number of amides is 2. The number of halogens is 1. The minimum absolute atomic E-state index is 0.0557. The van der Waals surface area contributed by atoms with Gasteiger partial charge in [-0.05, 0) is 76.4 Å². The van der Waals surface area contributed by atoms with E-state index in [1.54, 1.807) is 37.3 Å². The normalized spacial score (nSPS) is 12.2. The van der Waals surface area contributed by atoms with E-state index in [4.69, 9.17) is 11.6 Å². The van der Waals surface area contributed by atoms with E-state index in [1.165, 1.54) is 17.0 Å². The van der Waals surface area contributed by atoms with Gasteiger partial charge < -0.3 is 10.2 Å². The molecule has 0 radical (unpaired) electrons. The van der Waals surface area contributed by atoms with Crippen LogP contribution in [0.25, 0.3) is 0 Å². The Morgan fingerprint density at radius 2 is 1.57 bits per heavy atom. The number of hydrogen-bond acceptors (Lipinski definition) is 4. The van der Waals surface area contributed by atoms with Gasteiger partial charge in [0.25, 0.3) is 10.0 Å². The van der Waals surface area contributed by atoms with Crippen molar-refractivity contribution in [3.05, 3.63) is 94.0 Å². The molecular formula is C31H38ClN3O4S. The second-order valence-corrected chi connectivity index (χ2v) is 12.6. The lowest BCUT2D eigenvalue weighted by atomic mass is 10.1. The van der Waals surface area contributed by atoms with Crippen LogP contribution in [0.5, 0.6) is 0 Å². The molecule has 0 fully saturated rings. The zero-order chi connectivity index (χ0) is 29.6. The maximum atomic E-state index is 14.1. The summed E-state index contributed by atoms with van der Waals surface area (Å²) in [6.45, 7) is 10.7. The van der Waals surface area contributed by atoms with Gasteiger partial charge in [-0.3, -0.25) is 13.9 Å². The summed E-state index contributed by atoms with van der Waals surface area (Å²) in [6, 6.07) is 18.2. The van der Waals surface area contributed by atoms with Gasteiger partial charge in [-0.25, -0.2) is 8.42 Å². The van der Waals surface area contributed by atoms with Crippen molar-refractivity contribution < 1.29 is 18.0 Å². The number of rotatable bonds is 11. The summed E-state index contributed by atoms with van der Waals surface area (Å²) in [7, 11) is -4.16. The van der Waals surface area contributed by atoms with Crippen molar-refractivity contribution in [3.63, 3.8) is 0 Å². The zero-order valence-electron chi connectivity index (χ0n) is 23.9. The second kappa shape index (κ2) is 13.3. The Bertz CT molecular complexity index is 1460. The summed E-state index contributed by atoms with van der Waals surface area (Å²) in [5, 5.41) is 3.29. The summed E-state index contributed by atoms with van der Waals surface area (Å²) < 4.78 is 29.1. The fourth-order valence-corrected chi connectivity index (χ4v) is 6.17. The van der Waals surface area contributed by atoms with Crippen LogP contribution in [0.2, 0.25) is 5.02 Å². The van der Waals surface area contributed by atoms with Crippen LogP contribution >= 0.6 is 11.6 Å². The first-order valence-corrected chi connectivity index (χ1v) is 15.2. The number of benzene rings is 3. The lowest BCUT2D eigenvalue weighted by Crippen LogP contribution is -2.53. The third-order valence-corrected chi connectivity index (χ3v) is 8.83. The Hall–Kier alpha value is -3.36. The number of carbonyl (C=O) groups excluding carboxylic acids is 2. The van der Waals surface area contributed by atoms with Gasteiger partial charge in [-0.1, -0.05) is 72.1 Å². The van der Waals surface area contributed by atoms with Gasteiger partial charge in [0.05, 0.1) is 10.6 Å². The molecule has 0 aromatic heterocycles. The molecule has 40 heavy (non-hydrogen) atoms. The minimum atomic E-state index is -4.16. The molecule has 0 bridgehead atoms. The number of anilines is 1. The van der Waals surface area contributed by atoms with E-state index in [-0.39, 0.29) is 23.4 Å². The summed E-state index contributed by atoms with van der Waals surface area (Å²) in [5.74, 6) is -0.785. The lowest BCUT2D eigenvalue weighted by molar-refractivity contribution is -0.140. The van der Waals surface area contributed by atoms with Gasteiger partial charge in [0.2, 0.25) is 11.8 Å². The molecule has 3 aromatic carbocycles. The van der Waals surface area contributed by atoms with Gasteiger partial charge >= 0.3 is 0 Å². The standard InChI is InChI=1S/C31H38ClN3O4S/c1-7-28(31(37)33-21(2)3)34(19-25-11-8-10-23(5)18-25)30(36)20-35(29-13-9-12-27(32)24(29)6)40(38,39)26-16-14-22(4)15-17-26/h8-18,21,28H,7,19-20H2,1-6H3,(H,33,37)/t28-/m1/s1. The van der Waals surface area contributed by atoms with Crippen molar-refractivity contribution in [2.75, 3.05) is 10.8 Å². The molecule has 7 nitrogen and oxygen atoms in total. The van der Waals surface area contributed by atoms with Gasteiger partial charge in [0, 0.05) is 17.6 Å². The maximum Gasteiger partial charge on any atom is 0.264 e. The fraction of sp³-hybridized carbons (Fsp3) is 0.355. The molecule has 0 saturated carbocycles. The van der Waals surface area contributed by atoms with Crippen molar-refractivity contribution in [1.29, 1.82) is 0 Å². The third kappa shape index (κ3) is 7.43. The molecule has 0 spiro atoms. The lowest BCUT2D eigenvalue weighted by Gasteiger charge is -2.34. The Balaban J connectivity index is 2.11. The smallest absolute Gasteiger partial charge is 0.264 e. The van der Waals surface area contributed by atoms with Crippen molar-refractivity contribution in [3.8, 4) is 0 Å². The Morgan fingerprint density at radius 3 is 2.17 bits per heavy atom. The fourth-order valence-electron chi connectivity index (χ4n) is 4.52.